The summed E-state index contributed by atoms with van der Waals surface area (Å²) in [5.41, 5.74) is 1.15. The van der Waals surface area contributed by atoms with Crippen molar-refractivity contribution in [2.24, 2.45) is 0 Å². The van der Waals surface area contributed by atoms with Crippen molar-refractivity contribution in [3.05, 3.63) is 35.9 Å². The lowest BCUT2D eigenvalue weighted by molar-refractivity contribution is -0.135. The van der Waals surface area contributed by atoms with Crippen molar-refractivity contribution >= 4 is 17.7 Å². The van der Waals surface area contributed by atoms with Gasteiger partial charge >= 0.3 is 0 Å². The molecule has 138 valence electrons. The van der Waals surface area contributed by atoms with Crippen LogP contribution in [0.25, 0.3) is 0 Å². The first-order valence-corrected chi connectivity index (χ1v) is 10.7. The normalized spacial score (nSPS) is 23.9. The maximum Gasteiger partial charge on any atom is 0.230 e. The lowest BCUT2D eigenvalue weighted by atomic mass is 9.94. The minimum atomic E-state index is -0.0171. The molecule has 2 aliphatic rings. The van der Waals surface area contributed by atoms with E-state index in [2.05, 4.69) is 28.9 Å². The fraction of sp³-hybridized carbons (Fsp3) is 0.650. The van der Waals surface area contributed by atoms with Crippen molar-refractivity contribution in [3.8, 4) is 0 Å². The summed E-state index contributed by atoms with van der Waals surface area (Å²) in [7, 11) is 0. The molecule has 0 spiro atoms. The number of rotatable bonds is 5. The Hall–Kier alpha value is -1.04. The molecule has 0 aliphatic carbocycles. The number of amides is 1. The Morgan fingerprint density at radius 3 is 2.72 bits per heavy atom. The summed E-state index contributed by atoms with van der Waals surface area (Å²) < 4.78 is 5.47. The molecular weight excluding hydrogens is 332 g/mol. The molecule has 0 aromatic heterocycles. The molecule has 0 radical (unpaired) electrons. The maximum atomic E-state index is 13.4. The van der Waals surface area contributed by atoms with E-state index < -0.39 is 0 Å². The highest BCUT2D eigenvalue weighted by Crippen LogP contribution is 2.26. The number of morpholine rings is 1. The van der Waals surface area contributed by atoms with Gasteiger partial charge in [0.05, 0.1) is 25.2 Å². The molecule has 0 unspecified atom stereocenters. The molecule has 1 amide bonds. The number of carbonyl (C=O) groups is 1. The van der Waals surface area contributed by atoms with Crippen molar-refractivity contribution in [3.63, 3.8) is 0 Å². The highest BCUT2D eigenvalue weighted by atomic mass is 32.2. The number of benzene rings is 1. The van der Waals surface area contributed by atoms with Gasteiger partial charge in [0.2, 0.25) is 5.91 Å². The van der Waals surface area contributed by atoms with E-state index in [1.54, 1.807) is 0 Å². The Bertz CT molecular complexity index is 534. The van der Waals surface area contributed by atoms with Crippen LogP contribution in [-0.2, 0) is 9.53 Å². The first-order valence-electron chi connectivity index (χ1n) is 9.53. The molecule has 2 aliphatic heterocycles. The second-order valence-electron chi connectivity index (χ2n) is 6.90. The zero-order valence-corrected chi connectivity index (χ0v) is 16.0. The van der Waals surface area contributed by atoms with Gasteiger partial charge in [-0.25, -0.2) is 0 Å². The second-order valence-corrected chi connectivity index (χ2v) is 8.05. The summed E-state index contributed by atoms with van der Waals surface area (Å²) in [4.78, 5) is 18.1. The predicted octanol–water partition coefficient (Wildman–Crippen LogP) is 2.85. The molecule has 25 heavy (non-hydrogen) atoms. The van der Waals surface area contributed by atoms with Gasteiger partial charge in [-0.2, -0.15) is 11.8 Å². The fourth-order valence-corrected chi connectivity index (χ4v) is 4.85. The third-order valence-electron chi connectivity index (χ3n) is 5.20. The predicted molar refractivity (Wildman–Crippen MR) is 104 cm³/mol. The van der Waals surface area contributed by atoms with Crippen LogP contribution in [-0.4, -0.2) is 72.6 Å². The molecule has 1 aromatic carbocycles. The third-order valence-corrected chi connectivity index (χ3v) is 6.40. The van der Waals surface area contributed by atoms with Crippen molar-refractivity contribution in [1.82, 2.24) is 9.80 Å². The van der Waals surface area contributed by atoms with Gasteiger partial charge in [-0.05, 0) is 24.2 Å². The number of ether oxygens (including phenoxy) is 1. The van der Waals surface area contributed by atoms with E-state index in [1.165, 1.54) is 0 Å². The van der Waals surface area contributed by atoms with E-state index in [0.717, 1.165) is 69.3 Å². The van der Waals surface area contributed by atoms with Gasteiger partial charge < -0.3 is 9.64 Å². The number of hydrogen-bond donors (Lipinski definition) is 0. The monoisotopic (exact) mass is 362 g/mol. The molecule has 2 atom stereocenters. The van der Waals surface area contributed by atoms with Crippen LogP contribution in [0.1, 0.15) is 31.2 Å². The van der Waals surface area contributed by atoms with Crippen LogP contribution in [0.3, 0.4) is 0 Å². The smallest absolute Gasteiger partial charge is 0.230 e. The highest BCUT2D eigenvalue weighted by Gasteiger charge is 2.32. The van der Waals surface area contributed by atoms with Crippen molar-refractivity contribution in [1.29, 1.82) is 0 Å². The standard InChI is InChI=1S/C20H30N2O2S/c1-2-19(17-7-4-3-5-8-17)20(23)22-9-6-14-25-16-18(22)15-21-10-12-24-13-11-21/h3-5,7-8,18-19H,2,6,9-16H2,1H3/t18-,19+/m0/s1. The average molecular weight is 363 g/mol. The molecule has 1 aromatic rings. The Kier molecular flexibility index (Phi) is 7.20. The molecule has 2 fully saturated rings. The van der Waals surface area contributed by atoms with Crippen LogP contribution in [0.4, 0.5) is 0 Å². The third kappa shape index (κ3) is 4.99. The Balaban J connectivity index is 1.73. The Labute approximate surface area is 155 Å². The fourth-order valence-electron chi connectivity index (χ4n) is 3.79. The van der Waals surface area contributed by atoms with Crippen LogP contribution >= 0.6 is 11.8 Å². The zero-order valence-electron chi connectivity index (χ0n) is 15.2. The lowest BCUT2D eigenvalue weighted by Gasteiger charge is -2.37. The average Bonchev–Trinajstić information content (AvgIpc) is 2.89. The van der Waals surface area contributed by atoms with Gasteiger partial charge in [-0.3, -0.25) is 9.69 Å². The summed E-state index contributed by atoms with van der Waals surface area (Å²) in [6, 6.07) is 10.6. The minimum Gasteiger partial charge on any atom is -0.379 e. The van der Waals surface area contributed by atoms with Gasteiger partial charge in [0.15, 0.2) is 0 Å². The number of carbonyl (C=O) groups excluding carboxylic acids is 1. The highest BCUT2D eigenvalue weighted by molar-refractivity contribution is 7.99. The SMILES string of the molecule is CC[C@@H](C(=O)N1CCCSC[C@@H]1CN1CCOCC1)c1ccccc1. The van der Waals surface area contributed by atoms with Gasteiger partial charge in [-0.1, -0.05) is 37.3 Å². The van der Waals surface area contributed by atoms with E-state index in [4.69, 9.17) is 4.74 Å². The van der Waals surface area contributed by atoms with E-state index in [9.17, 15) is 4.79 Å². The number of nitrogens with zero attached hydrogens (tertiary/aromatic N) is 2. The molecule has 0 bridgehead atoms. The zero-order chi connectivity index (χ0) is 17.5. The topological polar surface area (TPSA) is 32.8 Å². The first-order chi connectivity index (χ1) is 12.3. The summed E-state index contributed by atoms with van der Waals surface area (Å²) in [5.74, 6) is 2.51. The van der Waals surface area contributed by atoms with Crippen molar-refractivity contribution < 1.29 is 9.53 Å². The summed E-state index contributed by atoms with van der Waals surface area (Å²) in [5, 5.41) is 0. The summed E-state index contributed by atoms with van der Waals surface area (Å²) in [6.07, 6.45) is 1.96. The van der Waals surface area contributed by atoms with Crippen molar-refractivity contribution in [2.45, 2.75) is 31.7 Å². The van der Waals surface area contributed by atoms with Crippen LogP contribution < -0.4 is 0 Å². The molecule has 2 saturated heterocycles. The largest absolute Gasteiger partial charge is 0.379 e. The minimum absolute atomic E-state index is 0.0171. The molecule has 0 N–H and O–H groups in total. The Morgan fingerprint density at radius 2 is 2.00 bits per heavy atom. The molecular formula is C20H30N2O2S. The van der Waals surface area contributed by atoms with Crippen LogP contribution in [0, 0.1) is 0 Å². The van der Waals surface area contributed by atoms with Gasteiger partial charge in [-0.15, -0.1) is 0 Å². The molecule has 0 saturated carbocycles. The number of hydrogen-bond acceptors (Lipinski definition) is 4. The van der Waals surface area contributed by atoms with E-state index in [0.29, 0.717) is 11.9 Å². The van der Waals surface area contributed by atoms with Crippen LogP contribution in [0.5, 0.6) is 0 Å². The molecule has 4 nitrogen and oxygen atoms in total. The number of thioether (sulfide) groups is 1. The maximum absolute atomic E-state index is 13.4. The van der Waals surface area contributed by atoms with Crippen LogP contribution in [0.15, 0.2) is 30.3 Å². The molecule has 2 heterocycles. The van der Waals surface area contributed by atoms with E-state index >= 15 is 0 Å². The Morgan fingerprint density at radius 1 is 1.24 bits per heavy atom. The van der Waals surface area contributed by atoms with Gasteiger partial charge in [0.1, 0.15) is 0 Å². The summed E-state index contributed by atoms with van der Waals surface area (Å²) in [6.45, 7) is 7.60. The molecule has 5 heteroatoms. The van der Waals surface area contributed by atoms with Gasteiger partial charge in [0, 0.05) is 31.9 Å². The lowest BCUT2D eigenvalue weighted by Crippen LogP contribution is -2.51. The summed E-state index contributed by atoms with van der Waals surface area (Å²) >= 11 is 2.00. The van der Waals surface area contributed by atoms with Crippen molar-refractivity contribution in [2.75, 3.05) is 50.9 Å². The quantitative estimate of drug-likeness (QED) is 0.806. The van der Waals surface area contributed by atoms with Crippen LogP contribution in [0.2, 0.25) is 0 Å². The first kappa shape index (κ1) is 18.7. The van der Waals surface area contributed by atoms with E-state index in [1.807, 2.05) is 30.0 Å². The van der Waals surface area contributed by atoms with Gasteiger partial charge in [0.25, 0.3) is 0 Å². The van der Waals surface area contributed by atoms with E-state index in [-0.39, 0.29) is 5.92 Å². The molecule has 3 rings (SSSR count). The second kappa shape index (κ2) is 9.60.